The van der Waals surface area contributed by atoms with Crippen molar-refractivity contribution in [3.63, 3.8) is 0 Å². The number of hydrogen-bond donors (Lipinski definition) is 1. The van der Waals surface area contributed by atoms with Gasteiger partial charge in [0.1, 0.15) is 6.61 Å². The Labute approximate surface area is 103 Å². The van der Waals surface area contributed by atoms with Crippen molar-refractivity contribution in [1.82, 2.24) is 0 Å². The highest BCUT2D eigenvalue weighted by atomic mass is 16.8. The van der Waals surface area contributed by atoms with Crippen LogP contribution in [0.15, 0.2) is 0 Å². The Morgan fingerprint density at radius 2 is 1.94 bits per heavy atom. The molecule has 2 saturated heterocycles. The molecule has 1 N–H and O–H groups in total. The molecule has 0 bridgehead atoms. The molecular formula is C13H24O4. The van der Waals surface area contributed by atoms with E-state index in [9.17, 15) is 5.11 Å². The average Bonchev–Trinajstić information content (AvgIpc) is 2.76. The molecule has 17 heavy (non-hydrogen) atoms. The summed E-state index contributed by atoms with van der Waals surface area (Å²) in [6, 6.07) is 0. The monoisotopic (exact) mass is 244 g/mol. The van der Waals surface area contributed by atoms with Crippen molar-refractivity contribution in [2.75, 3.05) is 19.8 Å². The van der Waals surface area contributed by atoms with Gasteiger partial charge >= 0.3 is 0 Å². The quantitative estimate of drug-likeness (QED) is 0.823. The predicted molar refractivity (Wildman–Crippen MR) is 63.8 cm³/mol. The second-order valence-corrected chi connectivity index (χ2v) is 5.37. The van der Waals surface area contributed by atoms with E-state index in [1.165, 1.54) is 0 Å². The third-order valence-electron chi connectivity index (χ3n) is 3.97. The molecule has 0 radical (unpaired) electrons. The minimum absolute atomic E-state index is 0.429. The molecule has 2 unspecified atom stereocenters. The van der Waals surface area contributed by atoms with Gasteiger partial charge in [-0.1, -0.05) is 19.8 Å². The second-order valence-electron chi connectivity index (χ2n) is 5.37. The zero-order valence-corrected chi connectivity index (χ0v) is 10.9. The van der Waals surface area contributed by atoms with Crippen LogP contribution in [0.25, 0.3) is 0 Å². The van der Waals surface area contributed by atoms with Gasteiger partial charge in [0.15, 0.2) is 5.79 Å². The van der Waals surface area contributed by atoms with Crippen molar-refractivity contribution < 1.29 is 19.3 Å². The van der Waals surface area contributed by atoms with Crippen molar-refractivity contribution >= 4 is 0 Å². The maximum absolute atomic E-state index is 10.2. The molecule has 4 heteroatoms. The lowest BCUT2D eigenvalue weighted by molar-refractivity contribution is -0.213. The topological polar surface area (TPSA) is 47.9 Å². The lowest BCUT2D eigenvalue weighted by Crippen LogP contribution is -2.42. The maximum atomic E-state index is 10.2. The van der Waals surface area contributed by atoms with E-state index in [2.05, 4.69) is 6.92 Å². The van der Waals surface area contributed by atoms with Crippen LogP contribution in [0.3, 0.4) is 0 Å². The molecule has 2 atom stereocenters. The number of aliphatic hydroxyl groups is 1. The fraction of sp³-hybridized carbons (Fsp3) is 1.00. The van der Waals surface area contributed by atoms with Crippen LogP contribution in [-0.4, -0.2) is 42.4 Å². The van der Waals surface area contributed by atoms with E-state index in [-0.39, 0.29) is 0 Å². The number of aliphatic hydroxyl groups excluding tert-OH is 1. The highest BCUT2D eigenvalue weighted by Gasteiger charge is 2.45. The Balaban J connectivity index is 2.00. The van der Waals surface area contributed by atoms with Crippen LogP contribution in [0, 0.1) is 0 Å². The first-order valence-electron chi connectivity index (χ1n) is 6.70. The Bertz CT molecular complexity index is 250. The molecule has 2 rings (SSSR count). The smallest absolute Gasteiger partial charge is 0.192 e. The SMILES string of the molecule is CCCCC1(C)OCC2(CCC1O)OCCO2. The number of ether oxygens (including phenoxy) is 3. The Kier molecular flexibility index (Phi) is 4.08. The van der Waals surface area contributed by atoms with Gasteiger partial charge in [0.25, 0.3) is 0 Å². The Morgan fingerprint density at radius 1 is 1.24 bits per heavy atom. The van der Waals surface area contributed by atoms with Crippen LogP contribution in [0.4, 0.5) is 0 Å². The van der Waals surface area contributed by atoms with E-state index in [0.29, 0.717) is 26.2 Å². The van der Waals surface area contributed by atoms with Gasteiger partial charge in [0.05, 0.1) is 24.9 Å². The predicted octanol–water partition coefficient (Wildman–Crippen LogP) is 1.85. The van der Waals surface area contributed by atoms with E-state index >= 15 is 0 Å². The van der Waals surface area contributed by atoms with Crippen LogP contribution in [0.1, 0.15) is 46.0 Å². The Morgan fingerprint density at radius 3 is 2.59 bits per heavy atom. The van der Waals surface area contributed by atoms with E-state index < -0.39 is 17.5 Å². The van der Waals surface area contributed by atoms with Crippen LogP contribution >= 0.6 is 0 Å². The van der Waals surface area contributed by atoms with Crippen molar-refractivity contribution in [3.8, 4) is 0 Å². The van der Waals surface area contributed by atoms with Gasteiger partial charge < -0.3 is 19.3 Å². The maximum Gasteiger partial charge on any atom is 0.192 e. The number of unbranched alkanes of at least 4 members (excludes halogenated alkanes) is 1. The first kappa shape index (κ1) is 13.3. The third-order valence-corrected chi connectivity index (χ3v) is 3.97. The molecule has 100 valence electrons. The minimum atomic E-state index is -0.592. The fourth-order valence-electron chi connectivity index (χ4n) is 2.60. The van der Waals surface area contributed by atoms with E-state index in [4.69, 9.17) is 14.2 Å². The van der Waals surface area contributed by atoms with Gasteiger partial charge in [0, 0.05) is 6.42 Å². The van der Waals surface area contributed by atoms with Crippen molar-refractivity contribution in [3.05, 3.63) is 0 Å². The summed E-state index contributed by atoms with van der Waals surface area (Å²) in [7, 11) is 0. The largest absolute Gasteiger partial charge is 0.390 e. The van der Waals surface area contributed by atoms with E-state index in [1.807, 2.05) is 6.92 Å². The van der Waals surface area contributed by atoms with Crippen LogP contribution < -0.4 is 0 Å². The molecule has 0 aromatic heterocycles. The van der Waals surface area contributed by atoms with Gasteiger partial charge in [0.2, 0.25) is 0 Å². The van der Waals surface area contributed by atoms with Crippen LogP contribution in [-0.2, 0) is 14.2 Å². The van der Waals surface area contributed by atoms with Crippen molar-refractivity contribution in [2.45, 2.75) is 63.4 Å². The molecule has 2 aliphatic heterocycles. The summed E-state index contributed by atoms with van der Waals surface area (Å²) in [6.45, 7) is 5.85. The second kappa shape index (κ2) is 5.22. The number of hydrogen-bond acceptors (Lipinski definition) is 4. The summed E-state index contributed by atoms with van der Waals surface area (Å²) in [5, 5.41) is 10.2. The van der Waals surface area contributed by atoms with Gasteiger partial charge in [-0.2, -0.15) is 0 Å². The standard InChI is InChI=1S/C13H24O4/c1-3-4-6-12(2)11(14)5-7-13(10-17-12)15-8-9-16-13/h11,14H,3-10H2,1-2H3. The molecule has 0 amide bonds. The zero-order valence-electron chi connectivity index (χ0n) is 10.9. The molecule has 1 spiro atoms. The third kappa shape index (κ3) is 2.81. The van der Waals surface area contributed by atoms with Crippen molar-refractivity contribution in [1.29, 1.82) is 0 Å². The summed E-state index contributed by atoms with van der Waals surface area (Å²) in [5.74, 6) is -0.592. The lowest BCUT2D eigenvalue weighted by atomic mass is 9.90. The Hall–Kier alpha value is -0.160. The first-order valence-corrected chi connectivity index (χ1v) is 6.70. The van der Waals surface area contributed by atoms with Gasteiger partial charge in [-0.25, -0.2) is 0 Å². The molecule has 4 nitrogen and oxygen atoms in total. The average molecular weight is 244 g/mol. The molecule has 0 aromatic carbocycles. The summed E-state index contributed by atoms with van der Waals surface area (Å²) in [5.41, 5.74) is -0.450. The van der Waals surface area contributed by atoms with Crippen molar-refractivity contribution in [2.24, 2.45) is 0 Å². The molecule has 0 saturated carbocycles. The van der Waals surface area contributed by atoms with Crippen LogP contribution in [0.5, 0.6) is 0 Å². The van der Waals surface area contributed by atoms with E-state index in [0.717, 1.165) is 25.7 Å². The summed E-state index contributed by atoms with van der Waals surface area (Å²) in [6.07, 6.45) is 4.05. The first-order chi connectivity index (χ1) is 8.10. The van der Waals surface area contributed by atoms with E-state index in [1.54, 1.807) is 0 Å². The fourth-order valence-corrected chi connectivity index (χ4v) is 2.60. The molecular weight excluding hydrogens is 220 g/mol. The summed E-state index contributed by atoms with van der Waals surface area (Å²) in [4.78, 5) is 0. The van der Waals surface area contributed by atoms with Crippen LogP contribution in [0.2, 0.25) is 0 Å². The normalized spacial score (nSPS) is 37.2. The minimum Gasteiger partial charge on any atom is -0.390 e. The molecule has 0 aromatic rings. The highest BCUT2D eigenvalue weighted by molar-refractivity contribution is 4.90. The summed E-state index contributed by atoms with van der Waals surface area (Å²) >= 11 is 0. The lowest BCUT2D eigenvalue weighted by Gasteiger charge is -2.33. The highest BCUT2D eigenvalue weighted by Crippen LogP contribution is 2.36. The summed E-state index contributed by atoms with van der Waals surface area (Å²) < 4.78 is 17.2. The molecule has 2 aliphatic rings. The van der Waals surface area contributed by atoms with Gasteiger partial charge in [-0.05, 0) is 19.8 Å². The van der Waals surface area contributed by atoms with Gasteiger partial charge in [-0.15, -0.1) is 0 Å². The molecule has 2 fully saturated rings. The van der Waals surface area contributed by atoms with Gasteiger partial charge in [-0.3, -0.25) is 0 Å². The number of rotatable bonds is 3. The molecule has 0 aliphatic carbocycles. The molecule has 2 heterocycles. The zero-order chi connectivity index (χ0) is 12.4.